The van der Waals surface area contributed by atoms with Crippen molar-refractivity contribution in [3.63, 3.8) is 0 Å². The molecular weight excluding hydrogens is 541 g/mol. The molecule has 0 bridgehead atoms. The minimum Gasteiger partial charge on any atom is -0.505 e. The van der Waals surface area contributed by atoms with Crippen LogP contribution in [0.25, 0.3) is 22.0 Å². The zero-order valence-electron chi connectivity index (χ0n) is 25.2. The molecule has 0 radical (unpaired) electrons. The van der Waals surface area contributed by atoms with E-state index < -0.39 is 11.4 Å². The molecule has 9 nitrogen and oxygen atoms in total. The number of halogens is 1. The molecule has 1 aliphatic carbocycles. The largest absolute Gasteiger partial charge is 0.505 e. The third kappa shape index (κ3) is 6.49. The summed E-state index contributed by atoms with van der Waals surface area (Å²) >= 11 is 0. The molecule has 228 valence electrons. The summed E-state index contributed by atoms with van der Waals surface area (Å²) in [5, 5.41) is 15.6. The van der Waals surface area contributed by atoms with Gasteiger partial charge in [0.2, 0.25) is 0 Å². The van der Waals surface area contributed by atoms with Crippen LogP contribution in [0.5, 0.6) is 11.5 Å². The van der Waals surface area contributed by atoms with E-state index >= 15 is 0 Å². The van der Waals surface area contributed by atoms with Crippen LogP contribution in [0.15, 0.2) is 30.5 Å². The van der Waals surface area contributed by atoms with Gasteiger partial charge >= 0.3 is 6.09 Å². The number of methoxy groups -OCH3 is 1. The molecule has 5 rings (SSSR count). The van der Waals surface area contributed by atoms with E-state index in [1.807, 2.05) is 44.5 Å². The number of phenolic OH excluding ortho intramolecular Hbond substituents is 1. The van der Waals surface area contributed by atoms with Gasteiger partial charge in [0.05, 0.1) is 23.7 Å². The lowest BCUT2D eigenvalue weighted by molar-refractivity contribution is -0.0366. The lowest BCUT2D eigenvalue weighted by atomic mass is 9.87. The van der Waals surface area contributed by atoms with E-state index in [2.05, 4.69) is 5.10 Å². The Kier molecular flexibility index (Phi) is 8.94. The summed E-state index contributed by atoms with van der Waals surface area (Å²) in [5.74, 6) is -0.393. The minimum atomic E-state index is -0.672. The van der Waals surface area contributed by atoms with Crippen molar-refractivity contribution in [2.24, 2.45) is 0 Å². The first-order valence-electron chi connectivity index (χ1n) is 14.9. The minimum absolute atomic E-state index is 0.0325. The topological polar surface area (TPSA) is 95.3 Å². The lowest BCUT2D eigenvalue weighted by Crippen LogP contribution is -2.53. The van der Waals surface area contributed by atoms with Crippen LogP contribution in [-0.2, 0) is 20.6 Å². The van der Waals surface area contributed by atoms with Gasteiger partial charge in [0.25, 0.3) is 0 Å². The van der Waals surface area contributed by atoms with Crippen molar-refractivity contribution in [1.29, 1.82) is 0 Å². The second-order valence-corrected chi connectivity index (χ2v) is 12.2. The molecule has 10 heteroatoms. The molecule has 2 aromatic carbocycles. The molecule has 0 spiro atoms. The van der Waals surface area contributed by atoms with Crippen LogP contribution in [0.3, 0.4) is 0 Å². The van der Waals surface area contributed by atoms with Crippen LogP contribution in [0.4, 0.5) is 9.18 Å². The van der Waals surface area contributed by atoms with Gasteiger partial charge in [0.15, 0.2) is 17.8 Å². The van der Waals surface area contributed by atoms with E-state index in [1.54, 1.807) is 18.2 Å². The van der Waals surface area contributed by atoms with Gasteiger partial charge in [-0.3, -0.25) is 0 Å². The maximum Gasteiger partial charge on any atom is 0.410 e. The number of rotatable bonds is 9. The van der Waals surface area contributed by atoms with Gasteiger partial charge in [-0.2, -0.15) is 5.10 Å². The predicted octanol–water partition coefficient (Wildman–Crippen LogP) is 6.60. The molecule has 1 N–H and O–H groups in total. The summed E-state index contributed by atoms with van der Waals surface area (Å²) in [6, 6.07) is 6.75. The first-order valence-corrected chi connectivity index (χ1v) is 14.9. The Labute approximate surface area is 246 Å². The molecule has 2 aliphatic rings. The molecule has 3 aromatic rings. The van der Waals surface area contributed by atoms with Gasteiger partial charge in [-0.1, -0.05) is 6.92 Å². The van der Waals surface area contributed by atoms with Gasteiger partial charge in [-0.15, -0.1) is 0 Å². The van der Waals surface area contributed by atoms with Crippen LogP contribution in [0.2, 0.25) is 0 Å². The highest BCUT2D eigenvalue weighted by Crippen LogP contribution is 2.40. The Bertz CT molecular complexity index is 1410. The molecule has 1 unspecified atom stereocenters. The van der Waals surface area contributed by atoms with Gasteiger partial charge < -0.3 is 29.0 Å². The third-order valence-corrected chi connectivity index (χ3v) is 7.94. The molecule has 1 amide bonds. The first-order chi connectivity index (χ1) is 20.1. The average molecular weight is 584 g/mol. The Morgan fingerprint density at radius 3 is 2.67 bits per heavy atom. The van der Waals surface area contributed by atoms with Crippen molar-refractivity contribution in [3.05, 3.63) is 41.8 Å². The molecule has 1 aromatic heterocycles. The van der Waals surface area contributed by atoms with E-state index in [0.29, 0.717) is 50.3 Å². The fourth-order valence-electron chi connectivity index (χ4n) is 5.68. The summed E-state index contributed by atoms with van der Waals surface area (Å²) in [6.45, 7) is 9.06. The number of aryl methyl sites for hydroxylation is 1. The number of benzene rings is 2. The van der Waals surface area contributed by atoms with Gasteiger partial charge in [0.1, 0.15) is 17.5 Å². The van der Waals surface area contributed by atoms with Crippen molar-refractivity contribution in [3.8, 4) is 22.6 Å². The smallest absolute Gasteiger partial charge is 0.410 e. The van der Waals surface area contributed by atoms with Crippen LogP contribution >= 0.6 is 0 Å². The fourth-order valence-corrected chi connectivity index (χ4v) is 5.68. The van der Waals surface area contributed by atoms with E-state index in [9.17, 15) is 14.3 Å². The second kappa shape index (κ2) is 12.5. The normalized spacial score (nSPS) is 20.8. The van der Waals surface area contributed by atoms with Crippen molar-refractivity contribution in [2.45, 2.75) is 90.2 Å². The molecule has 42 heavy (non-hydrogen) atoms. The highest BCUT2D eigenvalue weighted by Gasteiger charge is 2.39. The Morgan fingerprint density at radius 2 is 2.00 bits per heavy atom. The summed E-state index contributed by atoms with van der Waals surface area (Å²) in [7, 11) is 1.61. The Hall–Kier alpha value is -3.37. The number of carbonyl (C=O) groups excluding carboxylic acids is 1. The van der Waals surface area contributed by atoms with E-state index in [0.717, 1.165) is 41.3 Å². The van der Waals surface area contributed by atoms with Crippen molar-refractivity contribution < 1.29 is 33.2 Å². The number of aromatic nitrogens is 2. The average Bonchev–Trinajstić information content (AvgIpc) is 3.36. The second-order valence-electron chi connectivity index (χ2n) is 12.2. The molecule has 1 atom stereocenters. The van der Waals surface area contributed by atoms with Gasteiger partial charge in [-0.05, 0) is 87.4 Å². The highest BCUT2D eigenvalue weighted by molar-refractivity contribution is 5.91. The van der Waals surface area contributed by atoms with E-state index in [-0.39, 0.29) is 30.2 Å². The van der Waals surface area contributed by atoms with Crippen molar-refractivity contribution >= 4 is 17.0 Å². The number of hydrogen-bond acceptors (Lipinski definition) is 7. The van der Waals surface area contributed by atoms with E-state index in [4.69, 9.17) is 18.9 Å². The summed E-state index contributed by atoms with van der Waals surface area (Å²) in [5.41, 5.74) is 2.54. The maximum atomic E-state index is 14.6. The van der Waals surface area contributed by atoms with Crippen molar-refractivity contribution in [1.82, 2.24) is 14.7 Å². The molecule has 2 fully saturated rings. The van der Waals surface area contributed by atoms with Crippen LogP contribution in [0.1, 0.15) is 71.6 Å². The number of nitrogens with zero attached hydrogens (tertiary/aromatic N) is 3. The number of phenols is 1. The summed E-state index contributed by atoms with van der Waals surface area (Å²) < 4.78 is 40.0. The highest BCUT2D eigenvalue weighted by atomic mass is 19.1. The SMILES string of the molecule is CCc1cc(O)c(F)cc1-c1cc(OC2CC(N(CCOC)C(=O)OC(C)(C)C)C2)c2cnn(C3CCCCO3)c2c1. The molecule has 1 aliphatic heterocycles. The lowest BCUT2D eigenvalue weighted by Gasteiger charge is -2.42. The van der Waals surface area contributed by atoms with Gasteiger partial charge in [0, 0.05) is 39.1 Å². The van der Waals surface area contributed by atoms with Crippen LogP contribution in [-0.4, -0.2) is 70.5 Å². The molecule has 2 heterocycles. The summed E-state index contributed by atoms with van der Waals surface area (Å²) in [4.78, 5) is 14.7. The monoisotopic (exact) mass is 583 g/mol. The van der Waals surface area contributed by atoms with Crippen LogP contribution < -0.4 is 4.74 Å². The zero-order valence-corrected chi connectivity index (χ0v) is 25.2. The number of aromatic hydroxyl groups is 1. The number of amides is 1. The Morgan fingerprint density at radius 1 is 1.21 bits per heavy atom. The summed E-state index contributed by atoms with van der Waals surface area (Å²) in [6.07, 6.45) is 5.97. The first kappa shape index (κ1) is 30.1. The zero-order chi connectivity index (χ0) is 30.0. The number of hydrogen-bond donors (Lipinski definition) is 1. The van der Waals surface area contributed by atoms with Crippen LogP contribution in [0, 0.1) is 5.82 Å². The maximum absolute atomic E-state index is 14.6. The predicted molar refractivity (Wildman–Crippen MR) is 157 cm³/mol. The quantitative estimate of drug-likeness (QED) is 0.303. The molecule has 1 saturated heterocycles. The van der Waals surface area contributed by atoms with Crippen molar-refractivity contribution in [2.75, 3.05) is 26.9 Å². The third-order valence-electron chi connectivity index (χ3n) is 7.94. The number of carbonyl (C=O) groups is 1. The molecule has 1 saturated carbocycles. The molecular formula is C32H42FN3O6. The van der Waals surface area contributed by atoms with Gasteiger partial charge in [-0.25, -0.2) is 13.9 Å². The fraction of sp³-hybridized carbons (Fsp3) is 0.562. The standard InChI is InChI=1S/C32H42FN3O6/c1-6-20-14-28(37)26(33)18-24(20)21-13-27-25(19-34-36(27)30-9-7-8-11-40-30)29(15-21)41-23-16-22(17-23)35(10-12-39-5)31(38)42-32(2,3)4/h13-15,18-19,22-23,30,37H,6-12,16-17H2,1-5H3. The van der Waals surface area contributed by atoms with E-state index in [1.165, 1.54) is 12.1 Å². The Balaban J connectivity index is 1.45. The number of fused-ring (bicyclic) bond motifs is 1. The number of ether oxygens (including phenoxy) is 4.